The zero-order valence-electron chi connectivity index (χ0n) is 12.8. The van der Waals surface area contributed by atoms with Gasteiger partial charge in [-0.1, -0.05) is 0 Å². The number of nitrogens with zero attached hydrogens (tertiary/aromatic N) is 3. The maximum atomic E-state index is 12.6. The van der Waals surface area contributed by atoms with E-state index < -0.39 is 61.1 Å². The Bertz CT molecular complexity index is 710. The normalized spacial score (nSPS) is 33.8. The number of amidine groups is 1. The van der Waals surface area contributed by atoms with Crippen LogP contribution in [0.2, 0.25) is 0 Å². The molecule has 1 fully saturated rings. The number of ether oxygens (including phenoxy) is 1. The summed E-state index contributed by atoms with van der Waals surface area (Å²) >= 11 is 0. The number of aliphatic hydroxyl groups is 2. The summed E-state index contributed by atoms with van der Waals surface area (Å²) in [5, 5.41) is 30.5. The summed E-state index contributed by atoms with van der Waals surface area (Å²) in [7, 11) is 0. The first-order chi connectivity index (χ1) is 12.1. The number of amides is 2. The van der Waals surface area contributed by atoms with E-state index in [9.17, 15) is 33.0 Å². The molecule has 0 aromatic rings. The lowest BCUT2D eigenvalue weighted by Crippen LogP contribution is -2.58. The zero-order valence-corrected chi connectivity index (χ0v) is 12.8. The van der Waals surface area contributed by atoms with Crippen molar-refractivity contribution in [1.82, 2.24) is 15.5 Å². The van der Waals surface area contributed by atoms with Gasteiger partial charge in [0.25, 0.3) is 5.91 Å². The predicted octanol–water partition coefficient (Wildman–Crippen LogP) is -2.71. The van der Waals surface area contributed by atoms with E-state index in [0.29, 0.717) is 0 Å². The Morgan fingerprint density at radius 2 is 2.19 bits per heavy atom. The molecule has 0 bridgehead atoms. The minimum atomic E-state index is -5.20. The molecule has 5 N–H and O–H groups in total. The molecule has 5 atom stereocenters. The number of rotatable bonds is 3. The second kappa shape index (κ2) is 6.30. The highest BCUT2D eigenvalue weighted by Crippen LogP contribution is 2.28. The maximum absolute atomic E-state index is 12.6. The Labute approximate surface area is 143 Å². The minimum absolute atomic E-state index is 0.110. The fraction of sp³-hybridized carbons (Fsp3) is 0.583. The quantitative estimate of drug-likeness (QED) is 0.359. The van der Waals surface area contributed by atoms with Crippen LogP contribution in [0, 0.1) is 5.41 Å². The first-order valence-corrected chi connectivity index (χ1v) is 7.25. The molecule has 3 aliphatic rings. The third-order valence-corrected chi connectivity index (χ3v) is 3.95. The third kappa shape index (κ3) is 3.02. The van der Waals surface area contributed by atoms with Gasteiger partial charge in [0.2, 0.25) is 5.96 Å². The third-order valence-electron chi connectivity index (χ3n) is 3.95. The van der Waals surface area contributed by atoms with Crippen molar-refractivity contribution in [2.75, 3.05) is 6.61 Å². The SMILES string of the molecule is N=C1N=C2C(N=CN2[C@@H]2O[C@H](CO)[C@@H](O)[C@H]2NC(=O)C(F)(F)F)C(=O)N1. The Morgan fingerprint density at radius 1 is 1.50 bits per heavy atom. The molecule has 0 radical (unpaired) electrons. The van der Waals surface area contributed by atoms with Crippen LogP contribution >= 0.6 is 0 Å². The fourth-order valence-corrected chi connectivity index (χ4v) is 2.76. The summed E-state index contributed by atoms with van der Waals surface area (Å²) in [4.78, 5) is 31.7. The number of alkyl halides is 3. The van der Waals surface area contributed by atoms with E-state index in [1.54, 1.807) is 5.32 Å². The Balaban J connectivity index is 1.89. The number of guanidine groups is 1. The number of halogens is 3. The standard InChI is InChI=1S/C12H13F3N6O5/c13-12(14,15)10(25)18-4-6(23)3(1-22)26-9(4)21-2-17-5-7(21)19-11(16)20-8(5)24/h2-6,9,22-23H,1H2,(H,18,25)(H2,16,20,24)/t3-,4-,5?,6-,9-/m1/s1. The molecule has 14 heteroatoms. The number of fused-ring (bicyclic) bond motifs is 1. The molecule has 1 unspecified atom stereocenters. The van der Waals surface area contributed by atoms with Gasteiger partial charge in [0.05, 0.1) is 12.9 Å². The predicted molar refractivity (Wildman–Crippen MR) is 77.2 cm³/mol. The van der Waals surface area contributed by atoms with Gasteiger partial charge in [-0.3, -0.25) is 30.2 Å². The van der Waals surface area contributed by atoms with Gasteiger partial charge in [-0.2, -0.15) is 18.2 Å². The molecule has 1 saturated heterocycles. The average Bonchev–Trinajstić information content (AvgIpc) is 3.08. The highest BCUT2D eigenvalue weighted by Gasteiger charge is 2.52. The van der Waals surface area contributed by atoms with E-state index in [4.69, 9.17) is 10.1 Å². The first kappa shape index (κ1) is 18.2. The average molecular weight is 378 g/mol. The van der Waals surface area contributed by atoms with Crippen LogP contribution in [0.25, 0.3) is 0 Å². The van der Waals surface area contributed by atoms with Crippen LogP contribution in [0.15, 0.2) is 9.98 Å². The van der Waals surface area contributed by atoms with Crippen LogP contribution in [0.3, 0.4) is 0 Å². The molecule has 26 heavy (non-hydrogen) atoms. The number of carbonyl (C=O) groups excluding carboxylic acids is 2. The molecule has 0 aliphatic carbocycles. The van der Waals surface area contributed by atoms with Gasteiger partial charge in [0.1, 0.15) is 18.2 Å². The van der Waals surface area contributed by atoms with Crippen molar-refractivity contribution in [1.29, 1.82) is 5.41 Å². The van der Waals surface area contributed by atoms with Crippen molar-refractivity contribution in [2.45, 2.75) is 36.7 Å². The maximum Gasteiger partial charge on any atom is 0.471 e. The number of nitrogens with one attached hydrogen (secondary N) is 3. The van der Waals surface area contributed by atoms with Crippen LogP contribution in [0.4, 0.5) is 13.2 Å². The lowest BCUT2D eigenvalue weighted by atomic mass is 10.1. The number of aliphatic hydroxyl groups excluding tert-OH is 2. The van der Waals surface area contributed by atoms with E-state index >= 15 is 0 Å². The lowest BCUT2D eigenvalue weighted by molar-refractivity contribution is -0.175. The summed E-state index contributed by atoms with van der Waals surface area (Å²) < 4.78 is 43.0. The smallest absolute Gasteiger partial charge is 0.394 e. The van der Waals surface area contributed by atoms with Gasteiger partial charge in [-0.25, -0.2) is 0 Å². The van der Waals surface area contributed by atoms with Gasteiger partial charge in [0, 0.05) is 0 Å². The minimum Gasteiger partial charge on any atom is -0.394 e. The molecule has 0 aromatic heterocycles. The van der Waals surface area contributed by atoms with E-state index in [-0.39, 0.29) is 5.84 Å². The molecule has 0 saturated carbocycles. The van der Waals surface area contributed by atoms with Gasteiger partial charge in [0.15, 0.2) is 18.1 Å². The van der Waals surface area contributed by atoms with E-state index in [2.05, 4.69) is 15.3 Å². The summed E-state index contributed by atoms with van der Waals surface area (Å²) in [5.41, 5.74) is 0. The first-order valence-electron chi connectivity index (χ1n) is 7.25. The molecule has 3 rings (SSSR count). The van der Waals surface area contributed by atoms with E-state index in [0.717, 1.165) is 11.2 Å². The fourth-order valence-electron chi connectivity index (χ4n) is 2.76. The number of carbonyl (C=O) groups is 2. The lowest BCUT2D eigenvalue weighted by Gasteiger charge is -2.30. The second-order valence-corrected chi connectivity index (χ2v) is 5.62. The summed E-state index contributed by atoms with van der Waals surface area (Å²) in [6.45, 7) is -0.729. The van der Waals surface area contributed by atoms with Crippen molar-refractivity contribution in [3.63, 3.8) is 0 Å². The summed E-state index contributed by atoms with van der Waals surface area (Å²) in [6, 6.07) is -2.75. The van der Waals surface area contributed by atoms with Crippen LogP contribution in [0.5, 0.6) is 0 Å². The number of hydrogen-bond acceptors (Lipinski definition) is 8. The monoisotopic (exact) mass is 378 g/mol. The topological polar surface area (TPSA) is 160 Å². The van der Waals surface area contributed by atoms with Gasteiger partial charge >= 0.3 is 12.1 Å². The number of aliphatic imine (C=N–C) groups is 2. The highest BCUT2D eigenvalue weighted by atomic mass is 19.4. The van der Waals surface area contributed by atoms with Crippen LogP contribution in [-0.4, -0.2) is 88.4 Å². The zero-order chi connectivity index (χ0) is 19.2. The largest absolute Gasteiger partial charge is 0.471 e. The Morgan fingerprint density at radius 3 is 2.81 bits per heavy atom. The van der Waals surface area contributed by atoms with Gasteiger partial charge in [-0.15, -0.1) is 0 Å². The molecule has 2 amide bonds. The van der Waals surface area contributed by atoms with Crippen LogP contribution in [0.1, 0.15) is 0 Å². The molecule has 142 valence electrons. The van der Waals surface area contributed by atoms with E-state index in [1.165, 1.54) is 0 Å². The van der Waals surface area contributed by atoms with Crippen molar-refractivity contribution in [3.8, 4) is 0 Å². The summed E-state index contributed by atoms with van der Waals surface area (Å²) in [5.74, 6) is -3.60. The molecule has 3 aliphatic heterocycles. The van der Waals surface area contributed by atoms with Gasteiger partial charge in [-0.05, 0) is 0 Å². The molecule has 3 heterocycles. The van der Waals surface area contributed by atoms with Crippen molar-refractivity contribution < 1.29 is 37.7 Å². The van der Waals surface area contributed by atoms with Crippen molar-refractivity contribution in [2.24, 2.45) is 9.98 Å². The second-order valence-electron chi connectivity index (χ2n) is 5.62. The number of hydrogen-bond donors (Lipinski definition) is 5. The van der Waals surface area contributed by atoms with Crippen LogP contribution < -0.4 is 10.6 Å². The van der Waals surface area contributed by atoms with Gasteiger partial charge < -0.3 is 20.3 Å². The molecular weight excluding hydrogens is 365 g/mol. The molecule has 11 nitrogen and oxygen atoms in total. The highest BCUT2D eigenvalue weighted by molar-refractivity contribution is 6.23. The Kier molecular flexibility index (Phi) is 4.41. The molecule has 0 aromatic carbocycles. The Hall–Kier alpha value is -2.58. The van der Waals surface area contributed by atoms with E-state index in [1.807, 2.05) is 0 Å². The van der Waals surface area contributed by atoms with Crippen molar-refractivity contribution >= 4 is 29.9 Å². The molecular formula is C12H13F3N6O5. The summed E-state index contributed by atoms with van der Waals surface area (Å²) in [6.07, 6.45) is -8.54. The van der Waals surface area contributed by atoms with Crippen molar-refractivity contribution in [3.05, 3.63) is 0 Å². The molecule has 0 spiro atoms. The van der Waals surface area contributed by atoms with Crippen LogP contribution in [-0.2, 0) is 14.3 Å².